The van der Waals surface area contributed by atoms with Crippen LogP contribution in [0, 0.1) is 61.9 Å². The number of hydrogen-bond donors (Lipinski definition) is 1. The first-order chi connectivity index (χ1) is 28.2. The predicted octanol–water partition coefficient (Wildman–Crippen LogP) is 9.10. The van der Waals surface area contributed by atoms with Gasteiger partial charge < -0.3 is 20.0 Å². The van der Waals surface area contributed by atoms with Crippen molar-refractivity contribution >= 4 is 70.6 Å². The summed E-state index contributed by atoms with van der Waals surface area (Å²) in [5.41, 5.74) is 3.25. The van der Waals surface area contributed by atoms with Crippen LogP contribution in [0.3, 0.4) is 0 Å². The van der Waals surface area contributed by atoms with Crippen LogP contribution in [0.5, 0.6) is 0 Å². The van der Waals surface area contributed by atoms with Gasteiger partial charge in [0.05, 0.1) is 41.1 Å². The van der Waals surface area contributed by atoms with Gasteiger partial charge in [-0.1, -0.05) is 12.1 Å². The monoisotopic (exact) mass is 1450 g/mol. The first-order valence-electron chi connectivity index (χ1n) is 17.4. The third kappa shape index (κ3) is 33.1. The second-order valence-corrected chi connectivity index (χ2v) is 11.8. The van der Waals surface area contributed by atoms with Gasteiger partial charge >= 0.3 is 71.1 Å². The Kier molecular flexibility index (Phi) is 51.9. The average Bonchev–Trinajstić information content (AvgIpc) is 3.95. The molecule has 0 saturated heterocycles. The van der Waals surface area contributed by atoms with Gasteiger partial charge in [0.15, 0.2) is 17.4 Å². The molecule has 0 aliphatic rings. The number of ketones is 3. The van der Waals surface area contributed by atoms with E-state index in [0.717, 1.165) is 36.4 Å². The van der Waals surface area contributed by atoms with Crippen molar-refractivity contribution in [1.82, 2.24) is 29.3 Å². The molecule has 1 N–H and O–H groups in total. The first kappa shape index (κ1) is 78.7. The summed E-state index contributed by atoms with van der Waals surface area (Å²) in [6.07, 6.45) is 6.45. The van der Waals surface area contributed by atoms with Crippen LogP contribution < -0.4 is 0 Å². The van der Waals surface area contributed by atoms with E-state index in [0.29, 0.717) is 33.8 Å². The molecule has 0 saturated carbocycles. The molecule has 0 aliphatic carbocycles. The normalized spacial score (nSPS) is 8.98. The van der Waals surface area contributed by atoms with Gasteiger partial charge in [-0.2, -0.15) is 5.10 Å². The molecular weight excluding hydrogens is 1410 g/mol. The number of carbonyl (C=O) groups is 3. The van der Waals surface area contributed by atoms with Crippen LogP contribution in [0.2, 0.25) is 0 Å². The van der Waals surface area contributed by atoms with Crippen LogP contribution in [0.25, 0.3) is 33.8 Å². The Bertz CT molecular complexity index is 2110. The van der Waals surface area contributed by atoms with Crippen molar-refractivity contribution < 1.29 is 134 Å². The summed E-state index contributed by atoms with van der Waals surface area (Å²) < 4.78 is 81.1. The van der Waals surface area contributed by atoms with Gasteiger partial charge in [0, 0.05) is 133 Å². The second-order valence-electron chi connectivity index (χ2n) is 11.8. The molecule has 24 heteroatoms. The van der Waals surface area contributed by atoms with Crippen molar-refractivity contribution in [1.29, 1.82) is 0 Å². The molecule has 3 heterocycles. The first-order valence-corrected chi connectivity index (χ1v) is 28.4. The molecule has 6 aromatic rings. The summed E-state index contributed by atoms with van der Waals surface area (Å²) in [5.74, 6) is -5.45. The zero-order chi connectivity index (χ0) is 46.1. The molecular formula is C42H44ClCo3F6Ir2N6Na2O4-2. The zero-order valence-electron chi connectivity index (χ0n) is 37.5. The van der Waals surface area contributed by atoms with E-state index in [2.05, 4.69) is 37.0 Å². The third-order valence-corrected chi connectivity index (χ3v) is 6.53. The number of hydrogen-bond acceptors (Lipinski definition) is 7. The SMILES string of the molecule is CC(=O)C=C(C)O.CC(=O)CC(C)=O.Cn1ccc(-c2[c-]cc(F)c(F)c2)n1.Cn1ccc(-c2[c-]cc(F)c(F)c2)n1.Cn1ccc(-c2ccc(F)c(F)c2)n1.[CH3-].[CH3-].[Cl][Ir+2].[Co].[Co].[Co].[Ir].[Na][Na]. The van der Waals surface area contributed by atoms with Crippen molar-refractivity contribution in [2.45, 2.75) is 34.1 Å². The van der Waals surface area contributed by atoms with Crippen LogP contribution in [0.15, 0.2) is 91.1 Å². The summed E-state index contributed by atoms with van der Waals surface area (Å²) in [6.45, 7) is 5.66. The Hall–Kier alpha value is -1.47. The van der Waals surface area contributed by atoms with E-state index in [1.807, 2.05) is 0 Å². The maximum atomic E-state index is 12.9. The topological polar surface area (TPSA) is 125 Å². The van der Waals surface area contributed by atoms with Gasteiger partial charge in [-0.25, -0.2) is 27.8 Å². The number of benzene rings is 3. The molecule has 0 spiro atoms. The molecule has 4 radical (unpaired) electrons. The number of aliphatic hydroxyl groups excluding tert-OH is 1. The fraction of sp³-hybridized carbons (Fsp3) is 0.190. The molecule has 0 fully saturated rings. The van der Waals surface area contributed by atoms with Gasteiger partial charge in [0.2, 0.25) is 0 Å². The van der Waals surface area contributed by atoms with E-state index in [-0.39, 0.29) is 115 Å². The van der Waals surface area contributed by atoms with E-state index in [9.17, 15) is 40.7 Å². The van der Waals surface area contributed by atoms with E-state index >= 15 is 0 Å². The summed E-state index contributed by atoms with van der Waals surface area (Å²) >= 11 is 4.36. The van der Waals surface area contributed by atoms with Crippen molar-refractivity contribution in [3.63, 3.8) is 0 Å². The van der Waals surface area contributed by atoms with Gasteiger partial charge in [-0.3, -0.25) is 37.2 Å². The number of allylic oxidation sites excluding steroid dienone is 2. The summed E-state index contributed by atoms with van der Waals surface area (Å²) in [4.78, 5) is 30.1. The molecule has 6 rings (SSSR count). The number of Topliss-reactive ketones (excluding diaryl/α,β-unsaturated/α-hetero) is 2. The Labute approximate surface area is 470 Å². The molecule has 0 aliphatic heterocycles. The molecule has 3 aromatic carbocycles. The molecule has 10 nitrogen and oxygen atoms in total. The molecule has 0 bridgehead atoms. The molecule has 0 amide bonds. The summed E-state index contributed by atoms with van der Waals surface area (Å²) in [6, 6.07) is 18.2. The predicted molar refractivity (Wildman–Crippen MR) is 227 cm³/mol. The van der Waals surface area contributed by atoms with Crippen molar-refractivity contribution in [3.8, 4) is 33.8 Å². The van der Waals surface area contributed by atoms with E-state index in [4.69, 9.17) is 5.11 Å². The van der Waals surface area contributed by atoms with Gasteiger partial charge in [-0.05, 0) is 52.0 Å². The Morgan fingerprint density at radius 2 is 0.955 bits per heavy atom. The number of aliphatic hydroxyl groups is 1. The molecule has 0 unspecified atom stereocenters. The standard InChI is InChI=1S/C10H8F2N2.2C10H7F2N2.2C5H8O2.2CH3.ClH.3Co.2Ir.2Na/c3*1-14-5-4-10(13-14)7-2-3-8(11)9(12)6-7;2*1-4(6)3-5(2)7;;;;;;;;;;/h2-6H,1H3;2*3-6H,1H3;3H2,1-2H3;3,6H,1-2H3;2*1H3;1H;;;;;;;/q;2*-1;;;2*-1;;;;;;+3;;/p-1. The average molecular weight is 1450 g/mol. The van der Waals surface area contributed by atoms with Gasteiger partial charge in [0.1, 0.15) is 11.6 Å². The van der Waals surface area contributed by atoms with Crippen LogP contribution in [-0.4, -0.2) is 95.4 Å². The second kappa shape index (κ2) is 43.5. The Morgan fingerprint density at radius 1 is 0.621 bits per heavy atom. The minimum absolute atomic E-state index is 0. The van der Waals surface area contributed by atoms with Crippen molar-refractivity contribution in [2.24, 2.45) is 21.1 Å². The number of aromatic nitrogens is 6. The van der Waals surface area contributed by atoms with Crippen LogP contribution in [-0.2, 0) is 124 Å². The maximum absolute atomic E-state index is 12.9. The Balaban J connectivity index is -0.000000130. The number of carbonyl (C=O) groups excluding carboxylic acids is 3. The molecule has 0 atom stereocenters. The molecule has 364 valence electrons. The Morgan fingerprint density at radius 3 is 1.18 bits per heavy atom. The van der Waals surface area contributed by atoms with E-state index in [1.165, 1.54) is 101 Å². The summed E-state index contributed by atoms with van der Waals surface area (Å²) in [7, 11) is 9.91. The van der Waals surface area contributed by atoms with Crippen molar-refractivity contribution in [2.75, 3.05) is 0 Å². The number of halogens is 7. The van der Waals surface area contributed by atoms with Gasteiger partial charge in [0.25, 0.3) is 0 Å². The number of aryl methyl sites for hydroxylation is 3. The zero-order valence-corrected chi connectivity index (χ0v) is 50.1. The van der Waals surface area contributed by atoms with E-state index in [1.54, 1.807) is 72.0 Å². The quantitative estimate of drug-likeness (QED) is 0.0441. The summed E-state index contributed by atoms with van der Waals surface area (Å²) in [5, 5.41) is 20.5. The number of rotatable bonds is 6. The number of nitrogens with zero attached hydrogens (tertiary/aromatic N) is 6. The van der Waals surface area contributed by atoms with Crippen LogP contribution in [0.4, 0.5) is 26.3 Å². The third-order valence-electron chi connectivity index (χ3n) is 6.53. The van der Waals surface area contributed by atoms with E-state index < -0.39 is 34.9 Å². The minimum atomic E-state index is -0.898. The molecule has 66 heavy (non-hydrogen) atoms. The fourth-order valence-corrected chi connectivity index (χ4v) is 4.18. The molecule has 3 aromatic heterocycles. The fourth-order valence-electron chi connectivity index (χ4n) is 4.18. The van der Waals surface area contributed by atoms with Crippen LogP contribution in [0.1, 0.15) is 34.1 Å². The van der Waals surface area contributed by atoms with Crippen LogP contribution >= 0.6 is 9.58 Å². The van der Waals surface area contributed by atoms with Crippen molar-refractivity contribution in [3.05, 3.63) is 153 Å². The van der Waals surface area contributed by atoms with Gasteiger partial charge in [-0.15, -0.1) is 47.5 Å².